The van der Waals surface area contributed by atoms with Crippen molar-refractivity contribution in [3.8, 4) is 11.3 Å². The Balaban J connectivity index is 1.66. The standard InChI is InChI=1S/C31H40N4O4/c1-6-7-18-25(28(36)29(37)33-22(2)23-14-10-8-11-15-23)34-30(38)39-27(31(3,4)5)20-35-19-26(32-21-35)24-16-12-9-13-17-24/h8-17,19,21-22,25,27H,6-7,18,20H2,1-5H3,(H,33,37)(H,34,38)/t22-,25+,27+/m1/s1. The van der Waals surface area contributed by atoms with E-state index in [1.165, 1.54) is 0 Å². The summed E-state index contributed by atoms with van der Waals surface area (Å²) in [4.78, 5) is 43.4. The SMILES string of the molecule is CCCC[C@H](NC(=O)O[C@@H](Cn1cnc(-c2ccccc2)c1)C(C)(C)C)C(=O)C(=O)N[C@H](C)c1ccccc1. The van der Waals surface area contributed by atoms with Gasteiger partial charge in [0.05, 0.1) is 24.6 Å². The molecule has 208 valence electrons. The zero-order chi connectivity index (χ0) is 28.4. The minimum atomic E-state index is -0.973. The van der Waals surface area contributed by atoms with Crippen LogP contribution in [-0.2, 0) is 20.9 Å². The number of Topliss-reactive ketones (excluding diaryl/α,β-unsaturated/α-hetero) is 1. The lowest BCUT2D eigenvalue weighted by molar-refractivity contribution is -0.139. The van der Waals surface area contributed by atoms with Crippen LogP contribution in [0.3, 0.4) is 0 Å². The summed E-state index contributed by atoms with van der Waals surface area (Å²) in [6.45, 7) is 10.1. The Morgan fingerprint density at radius 1 is 0.974 bits per heavy atom. The molecular weight excluding hydrogens is 492 g/mol. The lowest BCUT2D eigenvalue weighted by Crippen LogP contribution is -2.49. The number of carbonyl (C=O) groups is 3. The Bertz CT molecular complexity index is 1220. The highest BCUT2D eigenvalue weighted by atomic mass is 16.6. The monoisotopic (exact) mass is 532 g/mol. The van der Waals surface area contributed by atoms with E-state index in [0.29, 0.717) is 19.4 Å². The van der Waals surface area contributed by atoms with Gasteiger partial charge in [-0.1, -0.05) is 101 Å². The number of benzene rings is 2. The summed E-state index contributed by atoms with van der Waals surface area (Å²) >= 11 is 0. The summed E-state index contributed by atoms with van der Waals surface area (Å²) in [7, 11) is 0. The molecule has 0 aliphatic rings. The van der Waals surface area contributed by atoms with Crippen molar-refractivity contribution in [3.05, 3.63) is 78.8 Å². The van der Waals surface area contributed by atoms with E-state index in [1.807, 2.05) is 106 Å². The summed E-state index contributed by atoms with van der Waals surface area (Å²) in [5.74, 6) is -1.41. The quantitative estimate of drug-likeness (QED) is 0.292. The van der Waals surface area contributed by atoms with Crippen LogP contribution in [0.5, 0.6) is 0 Å². The van der Waals surface area contributed by atoms with E-state index in [4.69, 9.17) is 4.74 Å². The normalized spacial score (nSPS) is 13.7. The van der Waals surface area contributed by atoms with Crippen molar-refractivity contribution in [1.29, 1.82) is 0 Å². The number of unbranched alkanes of at least 4 members (excludes halogenated alkanes) is 1. The average molecular weight is 533 g/mol. The zero-order valence-electron chi connectivity index (χ0n) is 23.5. The van der Waals surface area contributed by atoms with Gasteiger partial charge in [0.15, 0.2) is 0 Å². The molecule has 0 aliphatic carbocycles. The molecule has 0 aliphatic heterocycles. The molecule has 39 heavy (non-hydrogen) atoms. The fraction of sp³-hybridized carbons (Fsp3) is 0.419. The third-order valence-corrected chi connectivity index (χ3v) is 6.62. The van der Waals surface area contributed by atoms with E-state index < -0.39 is 29.9 Å². The molecule has 3 rings (SSSR count). The zero-order valence-corrected chi connectivity index (χ0v) is 23.5. The minimum absolute atomic E-state index is 0.345. The fourth-order valence-corrected chi connectivity index (χ4v) is 4.13. The van der Waals surface area contributed by atoms with Gasteiger partial charge in [-0.15, -0.1) is 0 Å². The van der Waals surface area contributed by atoms with Crippen molar-refractivity contribution in [2.24, 2.45) is 5.41 Å². The number of amides is 2. The van der Waals surface area contributed by atoms with E-state index in [9.17, 15) is 14.4 Å². The van der Waals surface area contributed by atoms with E-state index in [0.717, 1.165) is 23.2 Å². The van der Waals surface area contributed by atoms with Crippen LogP contribution in [0, 0.1) is 5.41 Å². The molecule has 1 heterocycles. The average Bonchev–Trinajstić information content (AvgIpc) is 3.39. The Morgan fingerprint density at radius 3 is 2.23 bits per heavy atom. The van der Waals surface area contributed by atoms with Crippen LogP contribution in [0.15, 0.2) is 73.2 Å². The summed E-state index contributed by atoms with van der Waals surface area (Å²) in [5, 5.41) is 5.42. The van der Waals surface area contributed by atoms with Crippen LogP contribution < -0.4 is 10.6 Å². The smallest absolute Gasteiger partial charge is 0.408 e. The first kappa shape index (κ1) is 29.6. The number of rotatable bonds is 12. The van der Waals surface area contributed by atoms with Gasteiger partial charge in [-0.05, 0) is 18.9 Å². The Kier molecular flexibility index (Phi) is 10.4. The summed E-state index contributed by atoms with van der Waals surface area (Å²) in [6.07, 6.45) is 4.24. The molecule has 2 amide bonds. The van der Waals surface area contributed by atoms with Crippen LogP contribution in [0.4, 0.5) is 4.79 Å². The van der Waals surface area contributed by atoms with Gasteiger partial charge in [-0.25, -0.2) is 9.78 Å². The van der Waals surface area contributed by atoms with Gasteiger partial charge in [-0.2, -0.15) is 0 Å². The molecule has 8 heteroatoms. The van der Waals surface area contributed by atoms with Crippen molar-refractivity contribution in [2.45, 2.75) is 78.6 Å². The number of ether oxygens (including phenoxy) is 1. The van der Waals surface area contributed by atoms with Crippen molar-refractivity contribution >= 4 is 17.8 Å². The molecule has 3 atom stereocenters. The van der Waals surface area contributed by atoms with E-state index in [1.54, 1.807) is 6.33 Å². The van der Waals surface area contributed by atoms with Crippen LogP contribution >= 0.6 is 0 Å². The van der Waals surface area contributed by atoms with Crippen molar-refractivity contribution in [2.75, 3.05) is 0 Å². The van der Waals surface area contributed by atoms with Crippen molar-refractivity contribution < 1.29 is 19.1 Å². The maximum Gasteiger partial charge on any atom is 0.408 e. The molecule has 0 radical (unpaired) electrons. The Hall–Kier alpha value is -3.94. The van der Waals surface area contributed by atoms with Gasteiger partial charge in [0, 0.05) is 17.2 Å². The number of aromatic nitrogens is 2. The van der Waals surface area contributed by atoms with Crippen LogP contribution in [0.25, 0.3) is 11.3 Å². The first-order valence-corrected chi connectivity index (χ1v) is 13.5. The van der Waals surface area contributed by atoms with Crippen molar-refractivity contribution in [3.63, 3.8) is 0 Å². The highest BCUT2D eigenvalue weighted by molar-refractivity contribution is 6.38. The van der Waals surface area contributed by atoms with E-state index in [2.05, 4.69) is 15.6 Å². The topological polar surface area (TPSA) is 102 Å². The second-order valence-electron chi connectivity index (χ2n) is 10.9. The lowest BCUT2D eigenvalue weighted by Gasteiger charge is -2.31. The van der Waals surface area contributed by atoms with Crippen LogP contribution in [0.1, 0.15) is 65.5 Å². The van der Waals surface area contributed by atoms with E-state index in [-0.39, 0.29) is 11.5 Å². The lowest BCUT2D eigenvalue weighted by atomic mass is 9.89. The Labute approximate surface area is 231 Å². The molecular formula is C31H40N4O4. The van der Waals surface area contributed by atoms with Crippen LogP contribution in [0.2, 0.25) is 0 Å². The first-order chi connectivity index (χ1) is 18.6. The maximum absolute atomic E-state index is 13.1. The molecule has 0 bridgehead atoms. The first-order valence-electron chi connectivity index (χ1n) is 13.5. The summed E-state index contributed by atoms with van der Waals surface area (Å²) < 4.78 is 7.73. The number of ketones is 1. The summed E-state index contributed by atoms with van der Waals surface area (Å²) in [6, 6.07) is 17.9. The molecule has 1 aromatic heterocycles. The second-order valence-corrected chi connectivity index (χ2v) is 10.9. The maximum atomic E-state index is 13.1. The van der Waals surface area contributed by atoms with Gasteiger partial charge in [0.2, 0.25) is 5.78 Å². The number of nitrogens with zero attached hydrogens (tertiary/aromatic N) is 2. The Morgan fingerprint density at radius 2 is 1.62 bits per heavy atom. The number of hydrogen-bond acceptors (Lipinski definition) is 5. The molecule has 2 N–H and O–H groups in total. The number of nitrogens with one attached hydrogen (secondary N) is 2. The van der Waals surface area contributed by atoms with Crippen LogP contribution in [-0.4, -0.2) is 39.5 Å². The third-order valence-electron chi connectivity index (χ3n) is 6.62. The highest BCUT2D eigenvalue weighted by Gasteiger charge is 2.32. The molecule has 0 spiro atoms. The van der Waals surface area contributed by atoms with Gasteiger partial charge in [0.1, 0.15) is 12.1 Å². The molecule has 0 unspecified atom stereocenters. The molecule has 0 saturated carbocycles. The fourth-order valence-electron chi connectivity index (χ4n) is 4.13. The molecule has 8 nitrogen and oxygen atoms in total. The van der Waals surface area contributed by atoms with Gasteiger partial charge in [0.25, 0.3) is 5.91 Å². The van der Waals surface area contributed by atoms with E-state index >= 15 is 0 Å². The highest BCUT2D eigenvalue weighted by Crippen LogP contribution is 2.25. The largest absolute Gasteiger partial charge is 0.444 e. The van der Waals surface area contributed by atoms with Gasteiger partial charge >= 0.3 is 6.09 Å². The van der Waals surface area contributed by atoms with Gasteiger partial charge < -0.3 is 19.9 Å². The molecule has 3 aromatic rings. The predicted molar refractivity (Wildman–Crippen MR) is 152 cm³/mol. The molecule has 0 fully saturated rings. The van der Waals surface area contributed by atoms with Gasteiger partial charge in [-0.3, -0.25) is 9.59 Å². The number of alkyl carbamates (subject to hydrolysis) is 1. The third kappa shape index (κ3) is 8.80. The second kappa shape index (κ2) is 13.7. The van der Waals surface area contributed by atoms with Crippen molar-refractivity contribution in [1.82, 2.24) is 20.2 Å². The molecule has 2 aromatic carbocycles. The summed E-state index contributed by atoms with van der Waals surface area (Å²) in [5.41, 5.74) is 2.33. The predicted octanol–water partition coefficient (Wildman–Crippen LogP) is 5.70. The number of carbonyl (C=O) groups excluding carboxylic acids is 3. The number of imidazole rings is 1. The minimum Gasteiger partial charge on any atom is -0.444 e. The number of hydrogen-bond donors (Lipinski definition) is 2. The molecule has 0 saturated heterocycles.